The molecule has 0 aromatic rings. The Labute approximate surface area is 154 Å². The maximum Gasteiger partial charge on any atom is 0.414 e. The van der Waals surface area contributed by atoms with E-state index >= 15 is 0 Å². The van der Waals surface area contributed by atoms with Crippen LogP contribution in [0.15, 0.2) is 0 Å². The van der Waals surface area contributed by atoms with E-state index in [2.05, 4.69) is 0 Å². The van der Waals surface area contributed by atoms with Crippen molar-refractivity contribution in [2.45, 2.75) is 78.6 Å². The first-order chi connectivity index (χ1) is 11.7. The van der Waals surface area contributed by atoms with Crippen molar-refractivity contribution < 1.29 is 28.7 Å². The number of likely N-dealkylation sites (tertiary alicyclic amines) is 1. The molecular formula is C18H30N2O6. The number of nitrogens with one attached hydrogen (secondary N) is 1. The predicted octanol–water partition coefficient (Wildman–Crippen LogP) is 2.64. The fourth-order valence-corrected chi connectivity index (χ4v) is 2.69. The summed E-state index contributed by atoms with van der Waals surface area (Å²) in [5.74, 6) is -1.28. The van der Waals surface area contributed by atoms with E-state index in [1.165, 1.54) is 4.90 Å². The van der Waals surface area contributed by atoms with Gasteiger partial charge in [-0.25, -0.2) is 9.59 Å². The van der Waals surface area contributed by atoms with Gasteiger partial charge in [0.1, 0.15) is 11.2 Å². The molecule has 8 heteroatoms. The maximum absolute atomic E-state index is 12.6. The van der Waals surface area contributed by atoms with Gasteiger partial charge in [-0.2, -0.15) is 0 Å². The summed E-state index contributed by atoms with van der Waals surface area (Å²) >= 11 is 0. The molecule has 0 spiro atoms. The third-order valence-corrected chi connectivity index (χ3v) is 3.63. The average molecular weight is 370 g/mol. The summed E-state index contributed by atoms with van der Waals surface area (Å²) in [5, 5.41) is 2.03. The van der Waals surface area contributed by atoms with E-state index in [-0.39, 0.29) is 5.92 Å². The van der Waals surface area contributed by atoms with E-state index in [0.29, 0.717) is 13.0 Å². The van der Waals surface area contributed by atoms with Gasteiger partial charge in [-0.15, -0.1) is 0 Å². The highest BCUT2D eigenvalue weighted by Gasteiger charge is 2.41. The maximum atomic E-state index is 12.6. The quantitative estimate of drug-likeness (QED) is 0.766. The molecule has 148 valence electrons. The summed E-state index contributed by atoms with van der Waals surface area (Å²) in [5.41, 5.74) is -1.42. The fourth-order valence-electron chi connectivity index (χ4n) is 2.69. The van der Waals surface area contributed by atoms with Crippen molar-refractivity contribution in [3.8, 4) is 0 Å². The molecule has 1 aliphatic rings. The van der Waals surface area contributed by atoms with E-state index in [9.17, 15) is 19.2 Å². The van der Waals surface area contributed by atoms with Crippen LogP contribution in [0.5, 0.6) is 0 Å². The zero-order valence-electron chi connectivity index (χ0n) is 16.7. The monoisotopic (exact) mass is 370 g/mol. The number of carbonyl (C=O) groups is 4. The highest BCUT2D eigenvalue weighted by atomic mass is 16.6. The van der Waals surface area contributed by atoms with Crippen LogP contribution < -0.4 is 5.32 Å². The van der Waals surface area contributed by atoms with Crippen LogP contribution in [0, 0.1) is 5.92 Å². The van der Waals surface area contributed by atoms with Crippen LogP contribution in [0.1, 0.15) is 61.3 Å². The summed E-state index contributed by atoms with van der Waals surface area (Å²) in [7, 11) is 0. The molecule has 8 nitrogen and oxygen atoms in total. The lowest BCUT2D eigenvalue weighted by molar-refractivity contribution is -0.131. The Morgan fingerprint density at radius 1 is 1.00 bits per heavy atom. The highest BCUT2D eigenvalue weighted by Crippen LogP contribution is 2.27. The van der Waals surface area contributed by atoms with Gasteiger partial charge in [0.05, 0.1) is 12.5 Å². The zero-order chi connectivity index (χ0) is 20.3. The summed E-state index contributed by atoms with van der Waals surface area (Å²) in [4.78, 5) is 49.8. The predicted molar refractivity (Wildman–Crippen MR) is 94.5 cm³/mol. The largest absolute Gasteiger partial charge is 0.444 e. The molecule has 0 radical (unpaired) electrons. The molecule has 0 bridgehead atoms. The smallest absolute Gasteiger partial charge is 0.414 e. The van der Waals surface area contributed by atoms with E-state index in [1.807, 2.05) is 12.2 Å². The van der Waals surface area contributed by atoms with Gasteiger partial charge in [-0.05, 0) is 53.9 Å². The molecule has 0 aromatic carbocycles. The van der Waals surface area contributed by atoms with Crippen molar-refractivity contribution in [3.05, 3.63) is 0 Å². The molecule has 26 heavy (non-hydrogen) atoms. The summed E-state index contributed by atoms with van der Waals surface area (Å²) < 4.78 is 10.3. The Morgan fingerprint density at radius 2 is 1.54 bits per heavy atom. The van der Waals surface area contributed by atoms with Gasteiger partial charge in [0.15, 0.2) is 5.78 Å². The molecular weight excluding hydrogens is 340 g/mol. The minimum absolute atomic E-state index is 0.0932. The average Bonchev–Trinajstić information content (AvgIpc) is 2.75. The number of hydrogen-bond acceptors (Lipinski definition) is 6. The van der Waals surface area contributed by atoms with Gasteiger partial charge in [0, 0.05) is 6.54 Å². The second kappa shape index (κ2) is 8.05. The zero-order valence-corrected chi connectivity index (χ0v) is 16.7. The van der Waals surface area contributed by atoms with Gasteiger partial charge in [-0.3, -0.25) is 19.8 Å². The number of carbonyl (C=O) groups excluding carboxylic acids is 4. The molecule has 0 saturated carbocycles. The van der Waals surface area contributed by atoms with Crippen molar-refractivity contribution in [1.82, 2.24) is 10.2 Å². The van der Waals surface area contributed by atoms with Crippen molar-refractivity contribution >= 4 is 23.9 Å². The number of nitrogens with zero attached hydrogens (tertiary/aromatic N) is 1. The lowest BCUT2D eigenvalue weighted by Gasteiger charge is -2.29. The van der Waals surface area contributed by atoms with Crippen LogP contribution in [0.25, 0.3) is 0 Å². The third-order valence-electron chi connectivity index (χ3n) is 3.63. The highest BCUT2D eigenvalue weighted by molar-refractivity contribution is 6.05. The van der Waals surface area contributed by atoms with E-state index in [4.69, 9.17) is 9.47 Å². The molecule has 1 N–H and O–H groups in total. The van der Waals surface area contributed by atoms with Crippen molar-refractivity contribution in [3.63, 3.8) is 0 Å². The first-order valence-electron chi connectivity index (χ1n) is 8.75. The molecule has 1 fully saturated rings. The van der Waals surface area contributed by atoms with Crippen molar-refractivity contribution in [1.29, 1.82) is 0 Å². The number of ketones is 1. The molecule has 0 aliphatic carbocycles. The standard InChI is InChI=1S/C18H30N2O6/c1-11-8-9-20(16(24)26-18(5,6)7)14(11)12(21)10-13(22)19-15(23)25-17(2,3)4/h11,14H,8-10H2,1-7H3,(H,19,22,23). The van der Waals surface area contributed by atoms with Crippen molar-refractivity contribution in [2.24, 2.45) is 5.92 Å². The number of ether oxygens (including phenoxy) is 2. The van der Waals surface area contributed by atoms with Crippen LogP contribution >= 0.6 is 0 Å². The van der Waals surface area contributed by atoms with E-state index in [1.54, 1.807) is 41.5 Å². The molecule has 1 saturated heterocycles. The first kappa shape index (κ1) is 21.9. The second-order valence-corrected chi connectivity index (χ2v) is 8.58. The van der Waals surface area contributed by atoms with Gasteiger partial charge in [0.2, 0.25) is 5.91 Å². The number of hydrogen-bond donors (Lipinski definition) is 1. The first-order valence-corrected chi connectivity index (χ1v) is 8.75. The number of imide groups is 1. The summed E-state index contributed by atoms with van der Waals surface area (Å²) in [6, 6.07) is -0.741. The molecule has 1 heterocycles. The fraction of sp³-hybridized carbons (Fsp3) is 0.778. The van der Waals surface area contributed by atoms with Gasteiger partial charge in [-0.1, -0.05) is 6.92 Å². The van der Waals surface area contributed by atoms with Gasteiger partial charge in [0.25, 0.3) is 0 Å². The van der Waals surface area contributed by atoms with Crippen molar-refractivity contribution in [2.75, 3.05) is 6.54 Å². The van der Waals surface area contributed by atoms with E-state index < -0.39 is 47.5 Å². The van der Waals surface area contributed by atoms with Crippen LogP contribution in [0.2, 0.25) is 0 Å². The lowest BCUT2D eigenvalue weighted by atomic mass is 9.97. The van der Waals surface area contributed by atoms with Crippen LogP contribution in [0.3, 0.4) is 0 Å². The minimum Gasteiger partial charge on any atom is -0.444 e. The summed E-state index contributed by atoms with van der Waals surface area (Å²) in [6.07, 6.45) is -1.34. The SMILES string of the molecule is CC1CCN(C(=O)OC(C)(C)C)C1C(=O)CC(=O)NC(=O)OC(C)(C)C. The Bertz CT molecular complexity index is 573. The number of rotatable bonds is 3. The van der Waals surface area contributed by atoms with Crippen LogP contribution in [-0.4, -0.2) is 52.6 Å². The van der Waals surface area contributed by atoms with Gasteiger partial charge >= 0.3 is 12.2 Å². The molecule has 1 rings (SSSR count). The molecule has 0 aromatic heterocycles. The molecule has 2 atom stereocenters. The third kappa shape index (κ3) is 7.01. The molecule has 1 aliphatic heterocycles. The van der Waals surface area contributed by atoms with E-state index in [0.717, 1.165) is 0 Å². The van der Waals surface area contributed by atoms with Crippen LogP contribution in [-0.2, 0) is 19.1 Å². The topological polar surface area (TPSA) is 102 Å². The second-order valence-electron chi connectivity index (χ2n) is 8.58. The Morgan fingerprint density at radius 3 is 2.04 bits per heavy atom. The summed E-state index contributed by atoms with van der Waals surface area (Å²) in [6.45, 7) is 12.5. The Kier molecular flexibility index (Phi) is 6.79. The van der Waals surface area contributed by atoms with Gasteiger partial charge < -0.3 is 9.47 Å². The molecule has 2 unspecified atom stereocenters. The number of amides is 3. The van der Waals surface area contributed by atoms with Crippen LogP contribution in [0.4, 0.5) is 9.59 Å². The minimum atomic E-state index is -0.904. The normalized spacial score (nSPS) is 20.5. The Balaban J connectivity index is 2.69. The molecule has 3 amide bonds. The lowest BCUT2D eigenvalue weighted by Crippen LogP contribution is -2.46. The number of Topliss-reactive ketones (excluding diaryl/α,β-unsaturated/α-hetero) is 1. The Hall–Kier alpha value is -2.12. The number of alkyl carbamates (subject to hydrolysis) is 1.